The number of halogens is 1. The van der Waals surface area contributed by atoms with Crippen molar-refractivity contribution >= 4 is 23.6 Å². The first-order valence-electron chi connectivity index (χ1n) is 6.72. The molecule has 3 heteroatoms. The molecule has 2 aliphatic rings. The van der Waals surface area contributed by atoms with Crippen LogP contribution in [0.15, 0.2) is 18.2 Å². The number of anilines is 1. The lowest BCUT2D eigenvalue weighted by atomic mass is 9.86. The van der Waals surface area contributed by atoms with E-state index in [9.17, 15) is 4.79 Å². The van der Waals surface area contributed by atoms with E-state index in [4.69, 9.17) is 11.6 Å². The molecule has 0 amide bonds. The van der Waals surface area contributed by atoms with Gasteiger partial charge in [0.05, 0.1) is 0 Å². The summed E-state index contributed by atoms with van der Waals surface area (Å²) in [4.78, 5) is 13.5. The zero-order chi connectivity index (χ0) is 12.6. The largest absolute Gasteiger partial charge is 0.370 e. The van der Waals surface area contributed by atoms with Gasteiger partial charge in [0, 0.05) is 29.4 Å². The van der Waals surface area contributed by atoms with E-state index in [1.807, 2.05) is 12.1 Å². The van der Waals surface area contributed by atoms with Crippen LogP contribution in [0.25, 0.3) is 0 Å². The summed E-state index contributed by atoms with van der Waals surface area (Å²) in [5, 5.41) is 0.635. The van der Waals surface area contributed by atoms with Crippen molar-refractivity contribution in [3.8, 4) is 0 Å². The Morgan fingerprint density at radius 2 is 2.00 bits per heavy atom. The molecule has 0 unspecified atom stereocenters. The highest BCUT2D eigenvalue weighted by Gasteiger charge is 2.40. The predicted molar refractivity (Wildman–Crippen MR) is 74.6 cm³/mol. The molecule has 0 atom stereocenters. The second-order valence-electron chi connectivity index (χ2n) is 5.70. The molecule has 1 saturated carbocycles. The highest BCUT2D eigenvalue weighted by atomic mass is 35.5. The normalized spacial score (nSPS) is 21.7. The lowest BCUT2D eigenvalue weighted by Crippen LogP contribution is -2.25. The molecular weight excluding hydrogens is 246 g/mol. The van der Waals surface area contributed by atoms with Gasteiger partial charge in [0.1, 0.15) is 0 Å². The highest BCUT2D eigenvalue weighted by molar-refractivity contribution is 6.31. The Hall–Kier alpha value is -1.02. The van der Waals surface area contributed by atoms with Gasteiger partial charge in [-0.05, 0) is 42.9 Å². The van der Waals surface area contributed by atoms with Crippen molar-refractivity contribution < 1.29 is 4.79 Å². The van der Waals surface area contributed by atoms with Crippen molar-refractivity contribution in [1.29, 1.82) is 0 Å². The fourth-order valence-corrected chi connectivity index (χ4v) is 3.76. The minimum Gasteiger partial charge on any atom is -0.370 e. The molecule has 1 spiro atoms. The van der Waals surface area contributed by atoms with Crippen molar-refractivity contribution in [3.63, 3.8) is 0 Å². The van der Waals surface area contributed by atoms with E-state index in [0.717, 1.165) is 30.6 Å². The van der Waals surface area contributed by atoms with Gasteiger partial charge in [-0.25, -0.2) is 0 Å². The lowest BCUT2D eigenvalue weighted by molar-refractivity contribution is 0.112. The molecule has 0 bridgehead atoms. The summed E-state index contributed by atoms with van der Waals surface area (Å²) in [6, 6.07) is 5.63. The van der Waals surface area contributed by atoms with Gasteiger partial charge in [-0.2, -0.15) is 0 Å². The minimum absolute atomic E-state index is 0.528. The van der Waals surface area contributed by atoms with Crippen LogP contribution in [-0.4, -0.2) is 19.4 Å². The molecule has 3 rings (SSSR count). The maximum absolute atomic E-state index is 11.2. The second-order valence-corrected chi connectivity index (χ2v) is 6.14. The minimum atomic E-state index is 0.528. The topological polar surface area (TPSA) is 20.3 Å². The molecular formula is C15H18ClNO. The van der Waals surface area contributed by atoms with Crippen molar-refractivity contribution in [2.75, 3.05) is 18.0 Å². The Morgan fingerprint density at radius 3 is 2.72 bits per heavy atom. The zero-order valence-corrected chi connectivity index (χ0v) is 11.2. The Labute approximate surface area is 113 Å². The van der Waals surface area contributed by atoms with Gasteiger partial charge >= 0.3 is 0 Å². The first kappa shape index (κ1) is 12.0. The van der Waals surface area contributed by atoms with E-state index in [1.54, 1.807) is 6.07 Å². The van der Waals surface area contributed by atoms with Gasteiger partial charge in [0.25, 0.3) is 0 Å². The molecule has 0 radical (unpaired) electrons. The molecule has 2 nitrogen and oxygen atoms in total. The average molecular weight is 264 g/mol. The Balaban J connectivity index is 1.86. The molecule has 1 saturated heterocycles. The number of aldehydes is 1. The molecule has 1 aromatic rings. The summed E-state index contributed by atoms with van der Waals surface area (Å²) >= 11 is 5.95. The van der Waals surface area contributed by atoms with E-state index >= 15 is 0 Å². The van der Waals surface area contributed by atoms with Crippen molar-refractivity contribution in [2.45, 2.75) is 32.1 Å². The van der Waals surface area contributed by atoms with Gasteiger partial charge < -0.3 is 4.90 Å². The number of benzene rings is 1. The van der Waals surface area contributed by atoms with Gasteiger partial charge in [0.2, 0.25) is 0 Å². The maximum Gasteiger partial charge on any atom is 0.152 e. The van der Waals surface area contributed by atoms with Crippen molar-refractivity contribution in [3.05, 3.63) is 28.8 Å². The van der Waals surface area contributed by atoms with E-state index in [1.165, 1.54) is 32.1 Å². The number of rotatable bonds is 2. The molecule has 18 heavy (non-hydrogen) atoms. The molecule has 1 aliphatic carbocycles. The number of nitrogens with zero attached hydrogens (tertiary/aromatic N) is 1. The van der Waals surface area contributed by atoms with Crippen LogP contribution in [0.5, 0.6) is 0 Å². The third-order valence-corrected chi connectivity index (χ3v) is 4.79. The number of carbonyl (C=O) groups is 1. The number of hydrogen-bond acceptors (Lipinski definition) is 2. The summed E-state index contributed by atoms with van der Waals surface area (Å²) in [5.41, 5.74) is 2.30. The summed E-state index contributed by atoms with van der Waals surface area (Å²) in [6.45, 7) is 2.18. The smallest absolute Gasteiger partial charge is 0.152 e. The molecule has 0 aromatic heterocycles. The summed E-state index contributed by atoms with van der Waals surface area (Å²) in [5.74, 6) is 0. The first-order valence-corrected chi connectivity index (χ1v) is 7.10. The molecule has 1 aliphatic heterocycles. The second kappa shape index (κ2) is 4.58. The summed E-state index contributed by atoms with van der Waals surface area (Å²) < 4.78 is 0. The first-order chi connectivity index (χ1) is 8.72. The third-order valence-electron chi connectivity index (χ3n) is 4.56. The summed E-state index contributed by atoms with van der Waals surface area (Å²) in [6.07, 6.45) is 7.64. The van der Waals surface area contributed by atoms with Gasteiger partial charge in [-0.15, -0.1) is 0 Å². The van der Waals surface area contributed by atoms with Crippen molar-refractivity contribution in [1.82, 2.24) is 0 Å². The standard InChI is InChI=1S/C15H18ClNO/c16-13-3-4-14(12(9-13)10-18)17-8-7-15(11-17)5-1-2-6-15/h3-4,9-10H,1-2,5-8,11H2. The van der Waals surface area contributed by atoms with E-state index in [0.29, 0.717) is 10.4 Å². The van der Waals surface area contributed by atoms with Gasteiger partial charge in [0.15, 0.2) is 6.29 Å². The van der Waals surface area contributed by atoms with Crippen LogP contribution in [0.2, 0.25) is 5.02 Å². The van der Waals surface area contributed by atoms with Gasteiger partial charge in [-0.3, -0.25) is 4.79 Å². The Morgan fingerprint density at radius 1 is 1.22 bits per heavy atom. The monoisotopic (exact) mass is 263 g/mol. The average Bonchev–Trinajstić information content (AvgIpc) is 3.00. The highest BCUT2D eigenvalue weighted by Crippen LogP contribution is 2.46. The van der Waals surface area contributed by atoms with Crippen LogP contribution in [-0.2, 0) is 0 Å². The van der Waals surface area contributed by atoms with Crippen LogP contribution in [0.4, 0.5) is 5.69 Å². The van der Waals surface area contributed by atoms with Gasteiger partial charge in [-0.1, -0.05) is 24.4 Å². The molecule has 2 fully saturated rings. The third kappa shape index (κ3) is 2.03. The van der Waals surface area contributed by atoms with Crippen LogP contribution < -0.4 is 4.90 Å². The van der Waals surface area contributed by atoms with Crippen LogP contribution in [0, 0.1) is 5.41 Å². The van der Waals surface area contributed by atoms with Crippen LogP contribution in [0.3, 0.4) is 0 Å². The lowest BCUT2D eigenvalue weighted by Gasteiger charge is -2.25. The maximum atomic E-state index is 11.2. The van der Waals surface area contributed by atoms with E-state index < -0.39 is 0 Å². The fourth-order valence-electron chi connectivity index (χ4n) is 3.58. The van der Waals surface area contributed by atoms with Crippen LogP contribution >= 0.6 is 11.6 Å². The number of hydrogen-bond donors (Lipinski definition) is 0. The zero-order valence-electron chi connectivity index (χ0n) is 10.5. The van der Waals surface area contributed by atoms with Crippen molar-refractivity contribution in [2.24, 2.45) is 5.41 Å². The fraction of sp³-hybridized carbons (Fsp3) is 0.533. The Bertz CT molecular complexity index is 466. The molecule has 96 valence electrons. The van der Waals surface area contributed by atoms with E-state index in [2.05, 4.69) is 4.90 Å². The predicted octanol–water partition coefficient (Wildman–Crippen LogP) is 3.92. The molecule has 0 N–H and O–H groups in total. The number of carbonyl (C=O) groups excluding carboxylic acids is 1. The van der Waals surface area contributed by atoms with Crippen LogP contribution in [0.1, 0.15) is 42.5 Å². The Kier molecular flexibility index (Phi) is 3.06. The SMILES string of the molecule is O=Cc1cc(Cl)ccc1N1CCC2(CCCC2)C1. The molecule has 1 aromatic carbocycles. The van der Waals surface area contributed by atoms with E-state index in [-0.39, 0.29) is 0 Å². The quantitative estimate of drug-likeness (QED) is 0.754. The molecule has 1 heterocycles. The summed E-state index contributed by atoms with van der Waals surface area (Å²) in [7, 11) is 0.